The Hall–Kier alpha value is -0.930. The monoisotopic (exact) mass is 261 g/mol. The second-order valence-electron chi connectivity index (χ2n) is 5.81. The summed E-state index contributed by atoms with van der Waals surface area (Å²) in [4.78, 5) is 6.53. The predicted molar refractivity (Wildman–Crippen MR) is 80.0 cm³/mol. The van der Waals surface area contributed by atoms with Gasteiger partial charge in [0.05, 0.1) is 0 Å². The molecule has 1 aromatic heterocycles. The topological polar surface area (TPSA) is 42.2 Å². The molecule has 0 radical (unpaired) electrons. The van der Waals surface area contributed by atoms with Gasteiger partial charge in [-0.1, -0.05) is 25.7 Å². The summed E-state index contributed by atoms with van der Waals surface area (Å²) in [7, 11) is 2.23. The minimum absolute atomic E-state index is 0.350. The molecule has 1 aliphatic rings. The molecular formula is C16H27N3. The lowest BCUT2D eigenvalue weighted by Crippen LogP contribution is -2.47. The van der Waals surface area contributed by atoms with Crippen LogP contribution in [0, 0.1) is 0 Å². The predicted octanol–water partition coefficient (Wildman–Crippen LogP) is 2.61. The number of rotatable bonds is 4. The molecule has 1 heterocycles. The summed E-state index contributed by atoms with van der Waals surface area (Å²) >= 11 is 0. The molecule has 0 amide bonds. The molecule has 19 heavy (non-hydrogen) atoms. The summed E-state index contributed by atoms with van der Waals surface area (Å²) in [5.41, 5.74) is 7.73. The van der Waals surface area contributed by atoms with Gasteiger partial charge in [0.15, 0.2) is 0 Å². The Labute approximate surface area is 117 Å². The number of likely N-dealkylation sites (N-methyl/N-ethyl adjacent to an activating group) is 1. The van der Waals surface area contributed by atoms with E-state index in [1.54, 1.807) is 0 Å². The Morgan fingerprint density at radius 3 is 2.58 bits per heavy atom. The third-order valence-corrected chi connectivity index (χ3v) is 4.35. The van der Waals surface area contributed by atoms with E-state index < -0.39 is 0 Å². The molecular weight excluding hydrogens is 234 g/mol. The molecule has 3 heteroatoms. The van der Waals surface area contributed by atoms with E-state index in [1.165, 1.54) is 44.1 Å². The summed E-state index contributed by atoms with van der Waals surface area (Å²) in [6, 6.07) is 5.11. The minimum Gasteiger partial charge on any atom is -0.326 e. The van der Waals surface area contributed by atoms with Crippen LogP contribution in [0.3, 0.4) is 0 Å². The molecule has 0 spiro atoms. The van der Waals surface area contributed by atoms with Gasteiger partial charge >= 0.3 is 0 Å². The van der Waals surface area contributed by atoms with Gasteiger partial charge in [0.1, 0.15) is 0 Å². The first-order chi connectivity index (χ1) is 9.27. The highest BCUT2D eigenvalue weighted by Gasteiger charge is 2.22. The Kier molecular flexibility index (Phi) is 5.80. The number of hydrogen-bond donors (Lipinski definition) is 1. The fourth-order valence-electron chi connectivity index (χ4n) is 3.06. The van der Waals surface area contributed by atoms with E-state index in [4.69, 9.17) is 5.73 Å². The van der Waals surface area contributed by atoms with E-state index >= 15 is 0 Å². The quantitative estimate of drug-likeness (QED) is 0.906. The average Bonchev–Trinajstić information content (AvgIpc) is 2.42. The lowest BCUT2D eigenvalue weighted by Gasteiger charge is -2.34. The van der Waals surface area contributed by atoms with Crippen molar-refractivity contribution in [3.63, 3.8) is 0 Å². The molecule has 106 valence electrons. The van der Waals surface area contributed by atoms with Crippen LogP contribution in [0.1, 0.15) is 44.1 Å². The summed E-state index contributed by atoms with van der Waals surface area (Å²) in [6.45, 7) is 1.09. The van der Waals surface area contributed by atoms with E-state index in [0.29, 0.717) is 12.1 Å². The lowest BCUT2D eigenvalue weighted by molar-refractivity contribution is 0.183. The van der Waals surface area contributed by atoms with Crippen LogP contribution in [0.15, 0.2) is 24.5 Å². The summed E-state index contributed by atoms with van der Waals surface area (Å²) in [6.07, 6.45) is 12.6. The van der Waals surface area contributed by atoms with Gasteiger partial charge in [0, 0.05) is 31.0 Å². The molecule has 2 unspecified atom stereocenters. The third-order valence-electron chi connectivity index (χ3n) is 4.35. The first kappa shape index (κ1) is 14.5. The average molecular weight is 261 g/mol. The van der Waals surface area contributed by atoms with Gasteiger partial charge in [-0.25, -0.2) is 0 Å². The standard InChI is InChI=1S/C16H27N3/c1-19(13-10-14-8-11-18-12-9-14)16-7-5-3-2-4-6-15(16)17/h8-9,11-12,15-16H,2-7,10,13,17H2,1H3. The van der Waals surface area contributed by atoms with Crippen molar-refractivity contribution in [2.45, 2.75) is 57.0 Å². The van der Waals surface area contributed by atoms with E-state index in [1.807, 2.05) is 12.4 Å². The van der Waals surface area contributed by atoms with Crippen molar-refractivity contribution in [2.75, 3.05) is 13.6 Å². The zero-order chi connectivity index (χ0) is 13.5. The number of aromatic nitrogens is 1. The number of nitrogens with zero attached hydrogens (tertiary/aromatic N) is 2. The highest BCUT2D eigenvalue weighted by Crippen LogP contribution is 2.20. The van der Waals surface area contributed by atoms with Crippen LogP contribution in [0.2, 0.25) is 0 Å². The SMILES string of the molecule is CN(CCc1ccncc1)C1CCCCCCC1N. The van der Waals surface area contributed by atoms with Crippen molar-refractivity contribution >= 4 is 0 Å². The van der Waals surface area contributed by atoms with Crippen molar-refractivity contribution in [3.8, 4) is 0 Å². The van der Waals surface area contributed by atoms with Crippen LogP contribution in [0.25, 0.3) is 0 Å². The molecule has 1 aliphatic carbocycles. The molecule has 1 saturated carbocycles. The van der Waals surface area contributed by atoms with Crippen molar-refractivity contribution in [1.29, 1.82) is 0 Å². The number of nitrogens with two attached hydrogens (primary N) is 1. The largest absolute Gasteiger partial charge is 0.326 e. The van der Waals surface area contributed by atoms with Gasteiger partial charge in [0.25, 0.3) is 0 Å². The summed E-state index contributed by atoms with van der Waals surface area (Å²) < 4.78 is 0. The lowest BCUT2D eigenvalue weighted by atomic mass is 9.92. The molecule has 1 aromatic rings. The third kappa shape index (κ3) is 4.59. The van der Waals surface area contributed by atoms with Gasteiger partial charge < -0.3 is 10.6 Å². The molecule has 2 N–H and O–H groups in total. The molecule has 0 aromatic carbocycles. The van der Waals surface area contributed by atoms with Gasteiger partial charge in [-0.3, -0.25) is 4.98 Å². The maximum atomic E-state index is 6.37. The van der Waals surface area contributed by atoms with Gasteiger partial charge in [0.2, 0.25) is 0 Å². The highest BCUT2D eigenvalue weighted by molar-refractivity contribution is 5.10. The Bertz CT molecular complexity index is 352. The number of pyridine rings is 1. The first-order valence-corrected chi connectivity index (χ1v) is 7.62. The van der Waals surface area contributed by atoms with Gasteiger partial charge in [-0.15, -0.1) is 0 Å². The van der Waals surface area contributed by atoms with E-state index in [9.17, 15) is 0 Å². The maximum absolute atomic E-state index is 6.37. The zero-order valence-electron chi connectivity index (χ0n) is 12.1. The van der Waals surface area contributed by atoms with Crippen LogP contribution < -0.4 is 5.73 Å². The van der Waals surface area contributed by atoms with Crippen LogP contribution in [-0.4, -0.2) is 35.6 Å². The summed E-state index contributed by atoms with van der Waals surface area (Å²) in [5, 5.41) is 0. The van der Waals surface area contributed by atoms with Crippen LogP contribution >= 0.6 is 0 Å². The molecule has 0 saturated heterocycles. The normalized spacial score (nSPS) is 25.0. The van der Waals surface area contributed by atoms with Crippen LogP contribution in [-0.2, 0) is 6.42 Å². The van der Waals surface area contributed by atoms with Crippen molar-refractivity contribution in [2.24, 2.45) is 5.73 Å². The zero-order valence-corrected chi connectivity index (χ0v) is 12.1. The molecule has 0 aliphatic heterocycles. The molecule has 2 atom stereocenters. The fraction of sp³-hybridized carbons (Fsp3) is 0.688. The van der Waals surface area contributed by atoms with E-state index in [2.05, 4.69) is 29.1 Å². The molecule has 0 bridgehead atoms. The fourth-order valence-corrected chi connectivity index (χ4v) is 3.06. The van der Waals surface area contributed by atoms with Crippen molar-refractivity contribution in [3.05, 3.63) is 30.1 Å². The van der Waals surface area contributed by atoms with E-state index in [-0.39, 0.29) is 0 Å². The molecule has 2 rings (SSSR count). The molecule has 1 fully saturated rings. The Morgan fingerprint density at radius 2 is 1.84 bits per heavy atom. The summed E-state index contributed by atoms with van der Waals surface area (Å²) in [5.74, 6) is 0. The Morgan fingerprint density at radius 1 is 1.16 bits per heavy atom. The number of hydrogen-bond acceptors (Lipinski definition) is 3. The van der Waals surface area contributed by atoms with E-state index in [0.717, 1.165) is 13.0 Å². The van der Waals surface area contributed by atoms with Crippen LogP contribution in [0.5, 0.6) is 0 Å². The van der Waals surface area contributed by atoms with Crippen LogP contribution in [0.4, 0.5) is 0 Å². The second kappa shape index (κ2) is 7.61. The highest BCUT2D eigenvalue weighted by atomic mass is 15.1. The maximum Gasteiger partial charge on any atom is 0.0270 e. The van der Waals surface area contributed by atoms with Crippen molar-refractivity contribution < 1.29 is 0 Å². The first-order valence-electron chi connectivity index (χ1n) is 7.62. The second-order valence-corrected chi connectivity index (χ2v) is 5.81. The smallest absolute Gasteiger partial charge is 0.0270 e. The Balaban J connectivity index is 1.84. The minimum atomic E-state index is 0.350. The molecule has 3 nitrogen and oxygen atoms in total. The van der Waals surface area contributed by atoms with Crippen molar-refractivity contribution in [1.82, 2.24) is 9.88 Å². The van der Waals surface area contributed by atoms with Gasteiger partial charge in [-0.05, 0) is 44.0 Å². The van der Waals surface area contributed by atoms with Gasteiger partial charge in [-0.2, -0.15) is 0 Å².